The summed E-state index contributed by atoms with van der Waals surface area (Å²) < 4.78 is 0. The fourth-order valence-corrected chi connectivity index (χ4v) is 1.46. The molecule has 4 unspecified atom stereocenters. The summed E-state index contributed by atoms with van der Waals surface area (Å²) in [5.41, 5.74) is 0.765. The highest BCUT2D eigenvalue weighted by atomic mass is 16.4. The number of hydrogen-bond acceptors (Lipinski definition) is 6. The van der Waals surface area contributed by atoms with Crippen LogP contribution < -0.4 is 5.32 Å². The lowest BCUT2D eigenvalue weighted by atomic mass is 10.0. The van der Waals surface area contributed by atoms with Gasteiger partial charge in [0.25, 0.3) is 0 Å². The highest BCUT2D eigenvalue weighted by molar-refractivity contribution is 5.42. The molecule has 0 amide bonds. The molecule has 0 spiro atoms. The van der Waals surface area contributed by atoms with E-state index in [4.69, 9.17) is 10.2 Å². The Morgan fingerprint density at radius 1 is 0.889 bits per heavy atom. The molecule has 6 N–H and O–H groups in total. The SMILES string of the molecule is OCC(O)C(O)C(O)C(O)CNc1ccccc1. The summed E-state index contributed by atoms with van der Waals surface area (Å²) in [7, 11) is 0. The summed E-state index contributed by atoms with van der Waals surface area (Å²) in [5, 5.41) is 49.2. The van der Waals surface area contributed by atoms with Crippen LogP contribution in [0.4, 0.5) is 5.69 Å². The Balaban J connectivity index is 2.42. The van der Waals surface area contributed by atoms with Gasteiger partial charge >= 0.3 is 0 Å². The van der Waals surface area contributed by atoms with Crippen molar-refractivity contribution in [2.75, 3.05) is 18.5 Å². The van der Waals surface area contributed by atoms with Gasteiger partial charge < -0.3 is 30.8 Å². The first kappa shape index (κ1) is 14.9. The normalized spacial score (nSPS) is 17.8. The standard InChI is InChI=1S/C12H19NO5/c14-7-10(16)12(18)11(17)9(15)6-13-8-4-2-1-3-5-8/h1-5,9-18H,6-7H2. The first-order valence-corrected chi connectivity index (χ1v) is 5.68. The Morgan fingerprint density at radius 2 is 1.44 bits per heavy atom. The average molecular weight is 257 g/mol. The van der Waals surface area contributed by atoms with Crippen molar-refractivity contribution in [2.24, 2.45) is 0 Å². The maximum Gasteiger partial charge on any atom is 0.111 e. The molecule has 0 aliphatic rings. The molecule has 6 heteroatoms. The number of aliphatic hydroxyl groups is 5. The molecule has 0 heterocycles. The molecule has 0 saturated carbocycles. The van der Waals surface area contributed by atoms with Gasteiger partial charge in [-0.15, -0.1) is 0 Å². The van der Waals surface area contributed by atoms with Crippen LogP contribution in [0.15, 0.2) is 30.3 Å². The Bertz CT molecular complexity index is 334. The molecule has 6 nitrogen and oxygen atoms in total. The monoisotopic (exact) mass is 257 g/mol. The second-order valence-electron chi connectivity index (χ2n) is 4.05. The van der Waals surface area contributed by atoms with E-state index in [1.165, 1.54) is 0 Å². The number of hydrogen-bond donors (Lipinski definition) is 6. The molecule has 0 aliphatic carbocycles. The van der Waals surface area contributed by atoms with E-state index in [2.05, 4.69) is 5.32 Å². The predicted molar refractivity (Wildman–Crippen MR) is 66.0 cm³/mol. The smallest absolute Gasteiger partial charge is 0.111 e. The topological polar surface area (TPSA) is 113 Å². The molecule has 1 aromatic carbocycles. The lowest BCUT2D eigenvalue weighted by molar-refractivity contribution is -0.111. The number of anilines is 1. The zero-order valence-corrected chi connectivity index (χ0v) is 9.85. The largest absolute Gasteiger partial charge is 0.394 e. The molecule has 0 saturated heterocycles. The molecular formula is C12H19NO5. The summed E-state index contributed by atoms with van der Waals surface area (Å²) >= 11 is 0. The lowest BCUT2D eigenvalue weighted by Gasteiger charge is -2.25. The van der Waals surface area contributed by atoms with Crippen molar-refractivity contribution in [3.63, 3.8) is 0 Å². The summed E-state index contributed by atoms with van der Waals surface area (Å²) in [6.07, 6.45) is -5.88. The second-order valence-corrected chi connectivity index (χ2v) is 4.05. The number of aliphatic hydroxyl groups excluding tert-OH is 5. The third-order valence-corrected chi connectivity index (χ3v) is 2.61. The van der Waals surface area contributed by atoms with E-state index >= 15 is 0 Å². The van der Waals surface area contributed by atoms with Gasteiger partial charge in [0.05, 0.1) is 12.7 Å². The fourth-order valence-electron chi connectivity index (χ4n) is 1.46. The van der Waals surface area contributed by atoms with Crippen molar-refractivity contribution in [3.8, 4) is 0 Å². The van der Waals surface area contributed by atoms with Crippen LogP contribution in [0.5, 0.6) is 0 Å². The van der Waals surface area contributed by atoms with Gasteiger partial charge in [-0.2, -0.15) is 0 Å². The predicted octanol–water partition coefficient (Wildman–Crippen LogP) is -1.47. The Morgan fingerprint density at radius 3 is 2.00 bits per heavy atom. The van der Waals surface area contributed by atoms with Crippen LogP contribution >= 0.6 is 0 Å². The fraction of sp³-hybridized carbons (Fsp3) is 0.500. The summed E-state index contributed by atoms with van der Waals surface area (Å²) in [6, 6.07) is 9.05. The van der Waals surface area contributed by atoms with Crippen molar-refractivity contribution in [1.82, 2.24) is 0 Å². The molecule has 0 fully saturated rings. The third-order valence-electron chi connectivity index (χ3n) is 2.61. The maximum absolute atomic E-state index is 9.63. The quantitative estimate of drug-likeness (QED) is 0.356. The number of benzene rings is 1. The molecule has 0 bridgehead atoms. The highest BCUT2D eigenvalue weighted by Crippen LogP contribution is 2.08. The lowest BCUT2D eigenvalue weighted by Crippen LogP contribution is -2.47. The van der Waals surface area contributed by atoms with Gasteiger partial charge in [0.2, 0.25) is 0 Å². The van der Waals surface area contributed by atoms with Gasteiger partial charge in [0.1, 0.15) is 18.3 Å². The van der Waals surface area contributed by atoms with Crippen molar-refractivity contribution in [1.29, 1.82) is 0 Å². The molecule has 4 atom stereocenters. The van der Waals surface area contributed by atoms with Gasteiger partial charge in [-0.1, -0.05) is 18.2 Å². The molecule has 0 radical (unpaired) electrons. The van der Waals surface area contributed by atoms with Crippen LogP contribution in [0.25, 0.3) is 0 Å². The van der Waals surface area contributed by atoms with Gasteiger partial charge in [-0.25, -0.2) is 0 Å². The number of para-hydroxylation sites is 1. The third kappa shape index (κ3) is 4.25. The van der Waals surface area contributed by atoms with Crippen LogP contribution in [-0.4, -0.2) is 63.1 Å². The van der Waals surface area contributed by atoms with Crippen molar-refractivity contribution >= 4 is 5.69 Å². The number of nitrogens with one attached hydrogen (secondary N) is 1. The van der Waals surface area contributed by atoms with Gasteiger partial charge in [-0.3, -0.25) is 0 Å². The molecule has 1 aromatic rings. The van der Waals surface area contributed by atoms with E-state index in [-0.39, 0.29) is 6.54 Å². The van der Waals surface area contributed by atoms with Crippen molar-refractivity contribution in [2.45, 2.75) is 24.4 Å². The maximum atomic E-state index is 9.63. The Labute approximate surface area is 105 Å². The Hall–Kier alpha value is -1.18. The van der Waals surface area contributed by atoms with Crippen LogP contribution in [0.1, 0.15) is 0 Å². The Kier molecular flexibility index (Phi) is 6.03. The van der Waals surface area contributed by atoms with E-state index in [0.717, 1.165) is 5.69 Å². The van der Waals surface area contributed by atoms with Gasteiger partial charge in [0, 0.05) is 12.2 Å². The zero-order chi connectivity index (χ0) is 13.5. The van der Waals surface area contributed by atoms with E-state index in [1.807, 2.05) is 18.2 Å². The van der Waals surface area contributed by atoms with Crippen molar-refractivity contribution in [3.05, 3.63) is 30.3 Å². The highest BCUT2D eigenvalue weighted by Gasteiger charge is 2.29. The molecule has 0 aromatic heterocycles. The molecule has 18 heavy (non-hydrogen) atoms. The van der Waals surface area contributed by atoms with Crippen LogP contribution in [0.3, 0.4) is 0 Å². The summed E-state index contributed by atoms with van der Waals surface area (Å²) in [4.78, 5) is 0. The second kappa shape index (κ2) is 7.30. The van der Waals surface area contributed by atoms with Crippen LogP contribution in [0.2, 0.25) is 0 Å². The van der Waals surface area contributed by atoms with E-state index in [1.54, 1.807) is 12.1 Å². The van der Waals surface area contributed by atoms with Crippen LogP contribution in [-0.2, 0) is 0 Å². The minimum atomic E-state index is -1.59. The van der Waals surface area contributed by atoms with Crippen molar-refractivity contribution < 1.29 is 25.5 Å². The molecule has 102 valence electrons. The molecule has 0 aliphatic heterocycles. The zero-order valence-electron chi connectivity index (χ0n) is 9.85. The number of rotatable bonds is 7. The average Bonchev–Trinajstić information content (AvgIpc) is 2.43. The minimum absolute atomic E-state index is 0.0143. The van der Waals surface area contributed by atoms with Crippen LogP contribution in [0, 0.1) is 0 Å². The molecular weight excluding hydrogens is 238 g/mol. The first-order chi connectivity index (χ1) is 8.56. The molecule has 1 rings (SSSR count). The minimum Gasteiger partial charge on any atom is -0.394 e. The van der Waals surface area contributed by atoms with E-state index in [9.17, 15) is 15.3 Å². The summed E-state index contributed by atoms with van der Waals surface area (Å²) in [5.74, 6) is 0. The van der Waals surface area contributed by atoms with E-state index in [0.29, 0.717) is 0 Å². The first-order valence-electron chi connectivity index (χ1n) is 5.68. The van der Waals surface area contributed by atoms with Gasteiger partial charge in [-0.05, 0) is 12.1 Å². The van der Waals surface area contributed by atoms with Gasteiger partial charge in [0.15, 0.2) is 0 Å². The van der Waals surface area contributed by atoms with E-state index < -0.39 is 31.0 Å². The summed E-state index contributed by atoms with van der Waals surface area (Å²) in [6.45, 7) is -0.669.